The number of carbonyl (C=O) groups excluding carboxylic acids is 1. The van der Waals surface area contributed by atoms with Crippen molar-refractivity contribution in [1.29, 1.82) is 0 Å². The molecular weight excluding hydrogens is 331 g/mol. The average Bonchev–Trinajstić information content (AvgIpc) is 2.62. The van der Waals surface area contributed by atoms with E-state index < -0.39 is 0 Å². The van der Waals surface area contributed by atoms with Gasteiger partial charge in [0.25, 0.3) is 0 Å². The van der Waals surface area contributed by atoms with E-state index in [-0.39, 0.29) is 11.8 Å². The number of benzene rings is 1. The quantitative estimate of drug-likeness (QED) is 0.719. The van der Waals surface area contributed by atoms with Gasteiger partial charge >= 0.3 is 6.03 Å². The van der Waals surface area contributed by atoms with Crippen LogP contribution in [0.5, 0.6) is 5.75 Å². The molecule has 0 aromatic heterocycles. The van der Waals surface area contributed by atoms with Gasteiger partial charge in [-0.3, -0.25) is 0 Å². The molecule has 0 spiro atoms. The van der Waals surface area contributed by atoms with Crippen molar-refractivity contribution in [1.82, 2.24) is 10.6 Å². The smallest absolute Gasteiger partial charge is 0.315 e. The van der Waals surface area contributed by atoms with Crippen LogP contribution in [0, 0.1) is 29.5 Å². The lowest BCUT2D eigenvalue weighted by molar-refractivity contribution is -0.00940. The van der Waals surface area contributed by atoms with E-state index in [0.29, 0.717) is 36.8 Å². The molecule has 0 heterocycles. The van der Waals surface area contributed by atoms with Crippen LogP contribution in [-0.2, 0) is 0 Å². The van der Waals surface area contributed by atoms with Crippen LogP contribution < -0.4 is 15.4 Å². The van der Waals surface area contributed by atoms with E-state index in [4.69, 9.17) is 4.74 Å². The SMILES string of the molecule is O=C(NCCCCOc1ccc(F)cc1)NC1C2CC3CC(C2)CC1C3. The predicted octanol–water partition coefficient (Wildman–Crippen LogP) is 4.11. The van der Waals surface area contributed by atoms with Gasteiger partial charge in [-0.05, 0) is 92.9 Å². The molecule has 1 aromatic rings. The number of carbonyl (C=O) groups is 1. The lowest BCUT2D eigenvalue weighted by Gasteiger charge is -2.54. The molecule has 0 radical (unpaired) electrons. The van der Waals surface area contributed by atoms with E-state index >= 15 is 0 Å². The molecule has 0 unspecified atom stereocenters. The van der Waals surface area contributed by atoms with Crippen molar-refractivity contribution in [3.8, 4) is 5.75 Å². The van der Waals surface area contributed by atoms with Gasteiger partial charge in [0.2, 0.25) is 0 Å². The van der Waals surface area contributed by atoms with E-state index in [0.717, 1.165) is 24.7 Å². The highest BCUT2D eigenvalue weighted by molar-refractivity contribution is 5.74. The molecule has 0 saturated heterocycles. The number of ether oxygens (including phenoxy) is 1. The number of amides is 2. The van der Waals surface area contributed by atoms with Gasteiger partial charge in [0, 0.05) is 12.6 Å². The van der Waals surface area contributed by atoms with Crippen LogP contribution in [0.25, 0.3) is 0 Å². The molecule has 4 saturated carbocycles. The Labute approximate surface area is 154 Å². The van der Waals surface area contributed by atoms with Crippen LogP contribution in [0.4, 0.5) is 9.18 Å². The van der Waals surface area contributed by atoms with E-state index in [1.165, 1.54) is 44.2 Å². The highest BCUT2D eigenvalue weighted by atomic mass is 19.1. The Hall–Kier alpha value is -1.78. The van der Waals surface area contributed by atoms with Gasteiger partial charge < -0.3 is 15.4 Å². The van der Waals surface area contributed by atoms with Crippen LogP contribution in [0.15, 0.2) is 24.3 Å². The maximum absolute atomic E-state index is 12.8. The van der Waals surface area contributed by atoms with Gasteiger partial charge in [0.1, 0.15) is 11.6 Å². The summed E-state index contributed by atoms with van der Waals surface area (Å²) < 4.78 is 18.4. The zero-order valence-corrected chi connectivity index (χ0v) is 15.3. The minimum atomic E-state index is -0.258. The second-order valence-corrected chi connectivity index (χ2v) is 8.37. The first kappa shape index (κ1) is 17.6. The molecule has 4 aliphatic carbocycles. The normalized spacial score (nSPS) is 31.7. The lowest BCUT2D eigenvalue weighted by atomic mass is 9.54. The monoisotopic (exact) mass is 360 g/mol. The van der Waals surface area contributed by atoms with Gasteiger partial charge in [-0.1, -0.05) is 0 Å². The first-order valence-electron chi connectivity index (χ1n) is 10.1. The first-order valence-corrected chi connectivity index (χ1v) is 10.1. The highest BCUT2D eigenvalue weighted by Crippen LogP contribution is 2.53. The molecule has 5 heteroatoms. The fourth-order valence-electron chi connectivity index (χ4n) is 5.51. The molecule has 4 bridgehead atoms. The third-order valence-corrected chi connectivity index (χ3v) is 6.46. The summed E-state index contributed by atoms with van der Waals surface area (Å²) in [6, 6.07) is 6.43. The highest BCUT2D eigenvalue weighted by Gasteiger charge is 2.48. The number of halogens is 1. The molecule has 0 aliphatic heterocycles. The van der Waals surface area contributed by atoms with Gasteiger partial charge in [-0.25, -0.2) is 9.18 Å². The van der Waals surface area contributed by atoms with Crippen LogP contribution in [0.3, 0.4) is 0 Å². The van der Waals surface area contributed by atoms with Crippen molar-refractivity contribution in [2.24, 2.45) is 23.7 Å². The Bertz CT molecular complexity index is 591. The zero-order valence-electron chi connectivity index (χ0n) is 15.3. The third-order valence-electron chi connectivity index (χ3n) is 6.46. The summed E-state index contributed by atoms with van der Waals surface area (Å²) in [5.41, 5.74) is 0. The zero-order chi connectivity index (χ0) is 17.9. The molecule has 1 aromatic carbocycles. The van der Waals surface area contributed by atoms with Gasteiger partial charge in [-0.15, -0.1) is 0 Å². The molecule has 4 nitrogen and oxygen atoms in total. The Kier molecular flexibility index (Phi) is 5.32. The fourth-order valence-corrected chi connectivity index (χ4v) is 5.51. The van der Waals surface area contributed by atoms with Crippen molar-refractivity contribution in [3.05, 3.63) is 30.1 Å². The van der Waals surface area contributed by atoms with E-state index in [1.54, 1.807) is 12.1 Å². The topological polar surface area (TPSA) is 50.4 Å². The predicted molar refractivity (Wildman–Crippen MR) is 98.5 cm³/mol. The van der Waals surface area contributed by atoms with Gasteiger partial charge in [0.15, 0.2) is 0 Å². The second-order valence-electron chi connectivity index (χ2n) is 8.37. The Morgan fingerprint density at radius 2 is 1.65 bits per heavy atom. The van der Waals surface area contributed by atoms with Crippen LogP contribution >= 0.6 is 0 Å². The summed E-state index contributed by atoms with van der Waals surface area (Å²) in [6.07, 6.45) is 8.44. The van der Waals surface area contributed by atoms with E-state index in [1.807, 2.05) is 0 Å². The van der Waals surface area contributed by atoms with Crippen molar-refractivity contribution in [3.63, 3.8) is 0 Å². The van der Waals surface area contributed by atoms with Crippen molar-refractivity contribution >= 4 is 6.03 Å². The van der Waals surface area contributed by atoms with Crippen LogP contribution in [-0.4, -0.2) is 25.2 Å². The minimum absolute atomic E-state index is 0.0121. The molecule has 2 N–H and O–H groups in total. The summed E-state index contributed by atoms with van der Waals surface area (Å²) in [4.78, 5) is 12.2. The fraction of sp³-hybridized carbons (Fsp3) is 0.667. The molecule has 2 amide bonds. The Balaban J connectivity index is 1.10. The van der Waals surface area contributed by atoms with Crippen molar-refractivity contribution < 1.29 is 13.9 Å². The average molecular weight is 360 g/mol. The number of nitrogens with one attached hydrogen (secondary N) is 2. The molecule has 4 aliphatic rings. The molecule has 26 heavy (non-hydrogen) atoms. The number of urea groups is 1. The largest absolute Gasteiger partial charge is 0.494 e. The number of unbranched alkanes of at least 4 members (excludes halogenated alkanes) is 1. The maximum atomic E-state index is 12.8. The van der Waals surface area contributed by atoms with E-state index in [9.17, 15) is 9.18 Å². The number of hydrogen-bond acceptors (Lipinski definition) is 2. The summed E-state index contributed by atoms with van der Waals surface area (Å²) in [7, 11) is 0. The molecule has 0 atom stereocenters. The minimum Gasteiger partial charge on any atom is -0.494 e. The molecule has 5 rings (SSSR count). The van der Waals surface area contributed by atoms with Crippen LogP contribution in [0.2, 0.25) is 0 Å². The summed E-state index contributed by atoms with van der Waals surface area (Å²) in [5, 5.41) is 6.26. The standard InChI is InChI=1S/C21H29FN2O2/c22-18-3-5-19(6-4-18)26-8-2-1-7-23-21(25)24-20-16-10-14-9-15(12-16)13-17(20)11-14/h3-6,14-17,20H,1-2,7-13H2,(H2,23,24,25). The number of rotatable bonds is 7. The Morgan fingerprint density at radius 3 is 2.31 bits per heavy atom. The van der Waals surface area contributed by atoms with Crippen molar-refractivity contribution in [2.45, 2.75) is 51.0 Å². The Morgan fingerprint density at radius 1 is 1.00 bits per heavy atom. The third kappa shape index (κ3) is 4.13. The number of hydrogen-bond donors (Lipinski definition) is 2. The summed E-state index contributed by atoms with van der Waals surface area (Å²) in [5.74, 6) is 3.70. The van der Waals surface area contributed by atoms with Crippen LogP contribution in [0.1, 0.15) is 44.9 Å². The summed E-state index contributed by atoms with van der Waals surface area (Å²) in [6.45, 7) is 1.23. The molecular formula is C21H29FN2O2. The molecule has 4 fully saturated rings. The van der Waals surface area contributed by atoms with Gasteiger partial charge in [-0.2, -0.15) is 0 Å². The second kappa shape index (κ2) is 7.85. The van der Waals surface area contributed by atoms with E-state index in [2.05, 4.69) is 10.6 Å². The first-order chi connectivity index (χ1) is 12.7. The lowest BCUT2D eigenvalue weighted by Crippen LogP contribution is -2.57. The van der Waals surface area contributed by atoms with Gasteiger partial charge in [0.05, 0.1) is 6.61 Å². The molecule has 142 valence electrons. The van der Waals surface area contributed by atoms with Crippen molar-refractivity contribution in [2.75, 3.05) is 13.2 Å². The summed E-state index contributed by atoms with van der Waals surface area (Å²) >= 11 is 0. The maximum Gasteiger partial charge on any atom is 0.315 e.